The summed E-state index contributed by atoms with van der Waals surface area (Å²) in [6, 6.07) is 5.39. The Morgan fingerprint density at radius 3 is 2.88 bits per heavy atom. The number of carbonyl (C=O) groups is 2. The topological polar surface area (TPSA) is 67.4 Å². The van der Waals surface area contributed by atoms with Gasteiger partial charge in [-0.15, -0.1) is 12.4 Å². The Labute approximate surface area is 148 Å². The van der Waals surface area contributed by atoms with Crippen LogP contribution in [0.5, 0.6) is 0 Å². The van der Waals surface area contributed by atoms with Crippen molar-refractivity contribution in [2.45, 2.75) is 32.6 Å². The molecule has 2 aliphatic rings. The molecule has 2 fully saturated rings. The van der Waals surface area contributed by atoms with Crippen LogP contribution in [0.25, 0.3) is 0 Å². The lowest BCUT2D eigenvalue weighted by molar-refractivity contribution is -0.128. The first-order valence-corrected chi connectivity index (χ1v) is 8.28. The van der Waals surface area contributed by atoms with Gasteiger partial charge >= 0.3 is 5.97 Å². The molecule has 24 heavy (non-hydrogen) atoms. The number of amides is 1. The lowest BCUT2D eigenvalue weighted by Gasteiger charge is -2.37. The first-order chi connectivity index (χ1) is 11.1. The molecule has 0 unspecified atom stereocenters. The standard InChI is InChI=1S/C18H24N2O3.ClH/c1-12-6-7-14(9-15(12)16(21)23-2)20-17(22)18-8-4-3-5-13(18)10-19-11-18;/h6-7,9,13,19H,3-5,8,10-11H2,1-2H3,(H,20,22);1H/t13-,18+;/m0./s1. The van der Waals surface area contributed by atoms with Gasteiger partial charge in [0.25, 0.3) is 0 Å². The average Bonchev–Trinajstić information content (AvgIpc) is 3.01. The molecule has 2 N–H and O–H groups in total. The van der Waals surface area contributed by atoms with Crippen LogP contribution in [0.3, 0.4) is 0 Å². The molecular formula is C18H25ClN2O3. The highest BCUT2D eigenvalue weighted by Gasteiger charge is 2.49. The lowest BCUT2D eigenvalue weighted by atomic mass is 9.67. The Balaban J connectivity index is 0.00000208. The number of fused-ring (bicyclic) bond motifs is 1. The molecule has 1 saturated heterocycles. The number of hydrogen-bond acceptors (Lipinski definition) is 4. The van der Waals surface area contributed by atoms with E-state index in [-0.39, 0.29) is 29.7 Å². The van der Waals surface area contributed by atoms with Gasteiger partial charge < -0.3 is 15.4 Å². The number of hydrogen-bond donors (Lipinski definition) is 2. The van der Waals surface area contributed by atoms with Crippen molar-refractivity contribution in [1.29, 1.82) is 0 Å². The van der Waals surface area contributed by atoms with Crippen molar-refractivity contribution in [2.75, 3.05) is 25.5 Å². The van der Waals surface area contributed by atoms with E-state index >= 15 is 0 Å². The summed E-state index contributed by atoms with van der Waals surface area (Å²) in [5.74, 6) is 0.114. The van der Waals surface area contributed by atoms with Crippen LogP contribution < -0.4 is 10.6 Å². The molecule has 6 heteroatoms. The van der Waals surface area contributed by atoms with Crippen molar-refractivity contribution in [3.05, 3.63) is 29.3 Å². The number of anilines is 1. The van der Waals surface area contributed by atoms with Crippen molar-refractivity contribution in [3.8, 4) is 0 Å². The molecular weight excluding hydrogens is 328 g/mol. The number of ether oxygens (including phenoxy) is 1. The third-order valence-corrected chi connectivity index (χ3v) is 5.39. The van der Waals surface area contributed by atoms with Crippen molar-refractivity contribution < 1.29 is 14.3 Å². The first kappa shape index (κ1) is 18.7. The molecule has 132 valence electrons. The predicted octanol–water partition coefficient (Wildman–Crippen LogP) is 2.92. The van der Waals surface area contributed by atoms with E-state index in [9.17, 15) is 9.59 Å². The highest BCUT2D eigenvalue weighted by molar-refractivity contribution is 5.98. The predicted molar refractivity (Wildman–Crippen MR) is 95.7 cm³/mol. The van der Waals surface area contributed by atoms with E-state index in [2.05, 4.69) is 10.6 Å². The van der Waals surface area contributed by atoms with E-state index in [1.165, 1.54) is 13.5 Å². The van der Waals surface area contributed by atoms with Crippen LogP contribution in [-0.2, 0) is 9.53 Å². The first-order valence-electron chi connectivity index (χ1n) is 8.28. The Hall–Kier alpha value is -1.59. The van der Waals surface area contributed by atoms with Gasteiger partial charge in [-0.05, 0) is 49.9 Å². The maximum absolute atomic E-state index is 12.9. The molecule has 0 spiro atoms. The van der Waals surface area contributed by atoms with Gasteiger partial charge in [-0.1, -0.05) is 18.9 Å². The second-order valence-electron chi connectivity index (χ2n) is 6.71. The summed E-state index contributed by atoms with van der Waals surface area (Å²) in [5.41, 5.74) is 1.69. The molecule has 0 aromatic heterocycles. The highest BCUT2D eigenvalue weighted by Crippen LogP contribution is 2.44. The molecule has 1 aromatic carbocycles. The Kier molecular flexibility index (Phi) is 5.88. The number of esters is 1. The number of carbonyl (C=O) groups excluding carboxylic acids is 2. The quantitative estimate of drug-likeness (QED) is 0.821. The number of aryl methyl sites for hydroxylation is 1. The van der Waals surface area contributed by atoms with E-state index in [1.54, 1.807) is 6.07 Å². The van der Waals surface area contributed by atoms with Gasteiger partial charge in [0.05, 0.1) is 18.1 Å². The third kappa shape index (κ3) is 3.28. The molecule has 2 atom stereocenters. The third-order valence-electron chi connectivity index (χ3n) is 5.39. The SMILES string of the molecule is COC(=O)c1cc(NC(=O)[C@@]23CCCC[C@H]2CNC3)ccc1C.Cl. The summed E-state index contributed by atoms with van der Waals surface area (Å²) < 4.78 is 4.80. The monoisotopic (exact) mass is 352 g/mol. The van der Waals surface area contributed by atoms with Gasteiger partial charge in [-0.2, -0.15) is 0 Å². The van der Waals surface area contributed by atoms with E-state index < -0.39 is 0 Å². The molecule has 5 nitrogen and oxygen atoms in total. The number of nitrogens with one attached hydrogen (secondary N) is 2. The summed E-state index contributed by atoms with van der Waals surface area (Å²) in [6.45, 7) is 3.53. The molecule has 1 saturated carbocycles. The van der Waals surface area contributed by atoms with Crippen molar-refractivity contribution >= 4 is 30.0 Å². The fourth-order valence-electron chi connectivity index (χ4n) is 3.98. The number of rotatable bonds is 3. The fraction of sp³-hybridized carbons (Fsp3) is 0.556. The zero-order valence-electron chi connectivity index (χ0n) is 14.2. The van der Waals surface area contributed by atoms with Crippen LogP contribution in [0.1, 0.15) is 41.6 Å². The Morgan fingerprint density at radius 2 is 2.12 bits per heavy atom. The molecule has 3 rings (SSSR count). The molecule has 1 amide bonds. The maximum Gasteiger partial charge on any atom is 0.338 e. The molecule has 1 aliphatic carbocycles. The number of methoxy groups -OCH3 is 1. The normalized spacial score (nSPS) is 25.3. The van der Waals surface area contributed by atoms with Crippen molar-refractivity contribution in [1.82, 2.24) is 5.32 Å². The van der Waals surface area contributed by atoms with Crippen molar-refractivity contribution in [2.24, 2.45) is 11.3 Å². The Bertz CT molecular complexity index is 635. The smallest absolute Gasteiger partial charge is 0.338 e. The van der Waals surface area contributed by atoms with Crippen LogP contribution in [0.15, 0.2) is 18.2 Å². The molecule has 0 bridgehead atoms. The van der Waals surface area contributed by atoms with E-state index in [0.717, 1.165) is 37.9 Å². The van der Waals surface area contributed by atoms with Crippen LogP contribution in [-0.4, -0.2) is 32.1 Å². The molecule has 1 aromatic rings. The van der Waals surface area contributed by atoms with Crippen LogP contribution in [0.4, 0.5) is 5.69 Å². The Morgan fingerprint density at radius 1 is 1.33 bits per heavy atom. The zero-order valence-corrected chi connectivity index (χ0v) is 15.0. The van der Waals surface area contributed by atoms with Gasteiger partial charge in [-0.3, -0.25) is 4.79 Å². The van der Waals surface area contributed by atoms with E-state index in [0.29, 0.717) is 17.2 Å². The average molecular weight is 353 g/mol. The zero-order chi connectivity index (χ0) is 16.4. The fourth-order valence-corrected chi connectivity index (χ4v) is 3.98. The number of halogens is 1. The van der Waals surface area contributed by atoms with Gasteiger partial charge in [-0.25, -0.2) is 4.79 Å². The minimum absolute atomic E-state index is 0. The van der Waals surface area contributed by atoms with Crippen LogP contribution in [0.2, 0.25) is 0 Å². The lowest BCUT2D eigenvalue weighted by Crippen LogP contribution is -2.44. The summed E-state index contributed by atoms with van der Waals surface area (Å²) >= 11 is 0. The van der Waals surface area contributed by atoms with E-state index in [1.807, 2.05) is 19.1 Å². The maximum atomic E-state index is 12.9. The van der Waals surface area contributed by atoms with Gasteiger partial charge in [0.2, 0.25) is 5.91 Å². The van der Waals surface area contributed by atoms with Gasteiger partial charge in [0.1, 0.15) is 0 Å². The second kappa shape index (κ2) is 7.53. The summed E-state index contributed by atoms with van der Waals surface area (Å²) in [7, 11) is 1.36. The second-order valence-corrected chi connectivity index (χ2v) is 6.71. The molecule has 0 radical (unpaired) electrons. The van der Waals surface area contributed by atoms with Gasteiger partial charge in [0, 0.05) is 12.2 Å². The minimum atomic E-state index is -0.380. The van der Waals surface area contributed by atoms with Crippen LogP contribution >= 0.6 is 12.4 Å². The summed E-state index contributed by atoms with van der Waals surface area (Å²) in [5, 5.41) is 6.42. The largest absolute Gasteiger partial charge is 0.465 e. The molecule has 1 heterocycles. The van der Waals surface area contributed by atoms with Gasteiger partial charge in [0.15, 0.2) is 0 Å². The summed E-state index contributed by atoms with van der Waals surface area (Å²) in [6.07, 6.45) is 4.36. The van der Waals surface area contributed by atoms with Crippen molar-refractivity contribution in [3.63, 3.8) is 0 Å². The highest BCUT2D eigenvalue weighted by atomic mass is 35.5. The summed E-state index contributed by atoms with van der Waals surface area (Å²) in [4.78, 5) is 24.7. The number of benzene rings is 1. The van der Waals surface area contributed by atoms with E-state index in [4.69, 9.17) is 4.74 Å². The minimum Gasteiger partial charge on any atom is -0.465 e. The molecule has 1 aliphatic heterocycles. The van der Waals surface area contributed by atoms with Crippen LogP contribution in [0, 0.1) is 18.3 Å².